The minimum Gasteiger partial charge on any atom is -0.369 e. The molecule has 1 atom stereocenters. The molecule has 1 aromatic carbocycles. The lowest BCUT2D eigenvalue weighted by atomic mass is 9.99. The summed E-state index contributed by atoms with van der Waals surface area (Å²) in [4.78, 5) is 17.4. The molecular formula is C25H40FN5O3S. The van der Waals surface area contributed by atoms with E-state index in [9.17, 15) is 17.6 Å². The third-order valence-electron chi connectivity index (χ3n) is 7.66. The number of hydrogen-bond acceptors (Lipinski definition) is 5. The summed E-state index contributed by atoms with van der Waals surface area (Å²) < 4.78 is 42.4. The molecule has 1 unspecified atom stereocenters. The summed E-state index contributed by atoms with van der Waals surface area (Å²) in [6.45, 7) is 9.31. The zero-order valence-electron chi connectivity index (χ0n) is 20.9. The van der Waals surface area contributed by atoms with Gasteiger partial charge in [0.05, 0.1) is 5.92 Å². The third-order valence-corrected chi connectivity index (χ3v) is 9.67. The molecular weight excluding hydrogens is 469 g/mol. The SMILES string of the molecule is CC1CCN(S(=O)(=O)N2CCCC(C(=O)NCCCN3CCN(c4ccc(F)cc4)CC3)C2)CC1. The number of halogens is 1. The molecule has 0 bridgehead atoms. The van der Waals surface area contributed by atoms with Crippen molar-refractivity contribution in [1.82, 2.24) is 18.8 Å². The molecule has 0 aromatic heterocycles. The molecule has 1 aromatic rings. The average Bonchev–Trinajstić information content (AvgIpc) is 2.88. The lowest BCUT2D eigenvalue weighted by molar-refractivity contribution is -0.126. The van der Waals surface area contributed by atoms with Gasteiger partial charge < -0.3 is 10.2 Å². The van der Waals surface area contributed by atoms with Crippen LogP contribution in [0.3, 0.4) is 0 Å². The van der Waals surface area contributed by atoms with Gasteiger partial charge in [0.15, 0.2) is 0 Å². The Bertz CT molecular complexity index is 929. The van der Waals surface area contributed by atoms with Crippen LogP contribution in [0.25, 0.3) is 0 Å². The van der Waals surface area contributed by atoms with Gasteiger partial charge in [-0.05, 0) is 68.8 Å². The van der Waals surface area contributed by atoms with Gasteiger partial charge in [0.25, 0.3) is 10.2 Å². The van der Waals surface area contributed by atoms with E-state index in [1.807, 2.05) is 12.1 Å². The topological polar surface area (TPSA) is 76.2 Å². The monoisotopic (exact) mass is 509 g/mol. The van der Waals surface area contributed by atoms with Gasteiger partial charge in [-0.25, -0.2) is 4.39 Å². The maximum atomic E-state index is 13.1. The number of nitrogens with one attached hydrogen (secondary N) is 1. The third kappa shape index (κ3) is 6.93. The van der Waals surface area contributed by atoms with Crippen LogP contribution in [0, 0.1) is 17.7 Å². The first-order valence-electron chi connectivity index (χ1n) is 13.1. The van der Waals surface area contributed by atoms with Crippen LogP contribution in [-0.4, -0.2) is 93.3 Å². The molecule has 196 valence electrons. The first-order chi connectivity index (χ1) is 16.8. The minimum atomic E-state index is -3.48. The molecule has 3 aliphatic heterocycles. The number of nitrogens with zero attached hydrogens (tertiary/aromatic N) is 4. The normalized spacial score (nSPS) is 23.9. The lowest BCUT2D eigenvalue weighted by Crippen LogP contribution is -2.52. The van der Waals surface area contributed by atoms with Gasteiger partial charge in [-0.2, -0.15) is 17.0 Å². The molecule has 3 aliphatic rings. The Hall–Kier alpha value is -1.75. The Balaban J connectivity index is 1.15. The Labute approximate surface area is 209 Å². The van der Waals surface area contributed by atoms with E-state index in [0.717, 1.165) is 70.5 Å². The number of carbonyl (C=O) groups excluding carboxylic acids is 1. The number of amides is 1. The fraction of sp³-hybridized carbons (Fsp3) is 0.720. The molecule has 3 saturated heterocycles. The Morgan fingerprint density at radius 1 is 0.971 bits per heavy atom. The second-order valence-electron chi connectivity index (χ2n) is 10.2. The summed E-state index contributed by atoms with van der Waals surface area (Å²) in [5, 5.41) is 3.04. The fourth-order valence-electron chi connectivity index (χ4n) is 5.29. The van der Waals surface area contributed by atoms with Crippen molar-refractivity contribution in [1.29, 1.82) is 0 Å². The van der Waals surface area contributed by atoms with Crippen molar-refractivity contribution in [3.8, 4) is 0 Å². The summed E-state index contributed by atoms with van der Waals surface area (Å²) in [7, 11) is -3.48. The van der Waals surface area contributed by atoms with Crippen LogP contribution in [0.1, 0.15) is 39.0 Å². The molecule has 3 heterocycles. The lowest BCUT2D eigenvalue weighted by Gasteiger charge is -2.37. The van der Waals surface area contributed by atoms with E-state index in [4.69, 9.17) is 0 Å². The molecule has 0 saturated carbocycles. The first kappa shape index (κ1) is 26.3. The zero-order chi connectivity index (χ0) is 24.8. The number of piperidine rings is 2. The number of carbonyl (C=O) groups is 1. The van der Waals surface area contributed by atoms with E-state index in [2.05, 4.69) is 22.0 Å². The summed E-state index contributed by atoms with van der Waals surface area (Å²) in [6, 6.07) is 6.65. The Kier molecular flexibility index (Phi) is 9.02. The number of piperazine rings is 1. The molecule has 3 fully saturated rings. The van der Waals surface area contributed by atoms with Crippen LogP contribution in [-0.2, 0) is 15.0 Å². The van der Waals surface area contributed by atoms with Crippen molar-refractivity contribution in [2.45, 2.75) is 39.0 Å². The number of benzene rings is 1. The Morgan fingerprint density at radius 3 is 2.34 bits per heavy atom. The smallest absolute Gasteiger partial charge is 0.281 e. The highest BCUT2D eigenvalue weighted by molar-refractivity contribution is 7.86. The molecule has 8 nitrogen and oxygen atoms in total. The highest BCUT2D eigenvalue weighted by Crippen LogP contribution is 2.25. The predicted molar refractivity (Wildman–Crippen MR) is 136 cm³/mol. The summed E-state index contributed by atoms with van der Waals surface area (Å²) in [5.74, 6) is 0.0495. The standard InChI is InChI=1S/C25H40FN5O3S/c1-21-9-14-30(15-10-21)35(33,34)31-13-2-4-22(20-31)25(32)27-11-3-12-28-16-18-29(19-17-28)24-7-5-23(26)6-8-24/h5-8,21-22H,2-4,9-20H2,1H3,(H,27,32). The molecule has 0 radical (unpaired) electrons. The summed E-state index contributed by atoms with van der Waals surface area (Å²) >= 11 is 0. The van der Waals surface area contributed by atoms with Crippen molar-refractivity contribution in [2.24, 2.45) is 11.8 Å². The van der Waals surface area contributed by atoms with Crippen LogP contribution in [0.5, 0.6) is 0 Å². The van der Waals surface area contributed by atoms with Crippen molar-refractivity contribution >= 4 is 21.8 Å². The molecule has 35 heavy (non-hydrogen) atoms. The van der Waals surface area contributed by atoms with E-state index in [1.54, 1.807) is 4.31 Å². The zero-order valence-corrected chi connectivity index (χ0v) is 21.7. The van der Waals surface area contributed by atoms with Crippen molar-refractivity contribution < 1.29 is 17.6 Å². The van der Waals surface area contributed by atoms with E-state index in [1.165, 1.54) is 16.4 Å². The molecule has 4 rings (SSSR count). The van der Waals surface area contributed by atoms with E-state index >= 15 is 0 Å². The maximum absolute atomic E-state index is 13.1. The second-order valence-corrected chi connectivity index (χ2v) is 12.2. The van der Waals surface area contributed by atoms with Crippen molar-refractivity contribution in [3.05, 3.63) is 30.1 Å². The van der Waals surface area contributed by atoms with Gasteiger partial charge in [0, 0.05) is 64.6 Å². The predicted octanol–water partition coefficient (Wildman–Crippen LogP) is 2.14. The van der Waals surface area contributed by atoms with Gasteiger partial charge in [0.1, 0.15) is 5.82 Å². The molecule has 0 aliphatic carbocycles. The number of rotatable bonds is 8. The maximum Gasteiger partial charge on any atom is 0.281 e. The molecule has 0 spiro atoms. The number of hydrogen-bond donors (Lipinski definition) is 1. The van der Waals surface area contributed by atoms with Crippen LogP contribution in [0.2, 0.25) is 0 Å². The highest BCUT2D eigenvalue weighted by Gasteiger charge is 2.36. The van der Waals surface area contributed by atoms with Crippen molar-refractivity contribution in [3.63, 3.8) is 0 Å². The highest BCUT2D eigenvalue weighted by atomic mass is 32.2. The number of anilines is 1. The Morgan fingerprint density at radius 2 is 1.66 bits per heavy atom. The van der Waals surface area contributed by atoms with Gasteiger partial charge in [0.2, 0.25) is 5.91 Å². The van der Waals surface area contributed by atoms with E-state index < -0.39 is 10.2 Å². The largest absolute Gasteiger partial charge is 0.369 e. The molecule has 1 N–H and O–H groups in total. The van der Waals surface area contributed by atoms with Crippen LogP contribution >= 0.6 is 0 Å². The van der Waals surface area contributed by atoms with Crippen LogP contribution < -0.4 is 10.2 Å². The van der Waals surface area contributed by atoms with Gasteiger partial charge in [-0.1, -0.05) is 6.92 Å². The van der Waals surface area contributed by atoms with Gasteiger partial charge >= 0.3 is 0 Å². The first-order valence-corrected chi connectivity index (χ1v) is 14.5. The van der Waals surface area contributed by atoms with E-state index in [-0.39, 0.29) is 24.2 Å². The van der Waals surface area contributed by atoms with Crippen molar-refractivity contribution in [2.75, 3.05) is 70.3 Å². The average molecular weight is 510 g/mol. The second kappa shape index (κ2) is 12.0. The molecule has 10 heteroatoms. The van der Waals surface area contributed by atoms with E-state index in [0.29, 0.717) is 32.1 Å². The fourth-order valence-corrected chi connectivity index (χ4v) is 7.01. The van der Waals surface area contributed by atoms with Crippen LogP contribution in [0.4, 0.5) is 10.1 Å². The summed E-state index contributed by atoms with van der Waals surface area (Å²) in [6.07, 6.45) is 4.12. The quantitative estimate of drug-likeness (QED) is 0.544. The summed E-state index contributed by atoms with van der Waals surface area (Å²) in [5.41, 5.74) is 1.05. The van der Waals surface area contributed by atoms with Gasteiger partial charge in [-0.3, -0.25) is 9.69 Å². The van der Waals surface area contributed by atoms with Gasteiger partial charge in [-0.15, -0.1) is 0 Å². The van der Waals surface area contributed by atoms with Crippen LogP contribution in [0.15, 0.2) is 24.3 Å². The minimum absolute atomic E-state index is 0.0294. The molecule has 1 amide bonds.